The zero-order valence-electron chi connectivity index (χ0n) is 11.3. The van der Waals surface area contributed by atoms with Crippen LogP contribution < -0.4 is 19.5 Å². The molecule has 1 N–H and O–H groups in total. The number of fused-ring (bicyclic) bond motifs is 1. The lowest BCUT2D eigenvalue weighted by Crippen LogP contribution is -2.16. The summed E-state index contributed by atoms with van der Waals surface area (Å²) in [6.07, 6.45) is 3.54. The fourth-order valence-corrected chi connectivity index (χ4v) is 2.10. The molecular formula is C15H16N2O3. The summed E-state index contributed by atoms with van der Waals surface area (Å²) in [5.74, 6) is 2.12. The van der Waals surface area contributed by atoms with Crippen molar-refractivity contribution in [3.05, 3.63) is 42.2 Å². The van der Waals surface area contributed by atoms with Crippen molar-refractivity contribution in [2.24, 2.45) is 0 Å². The van der Waals surface area contributed by atoms with Gasteiger partial charge in [-0.1, -0.05) is 0 Å². The zero-order valence-corrected chi connectivity index (χ0v) is 11.3. The minimum Gasteiger partial charge on any atom is -0.493 e. The van der Waals surface area contributed by atoms with Crippen molar-refractivity contribution in [3.63, 3.8) is 0 Å². The number of hydrogen-bond donors (Lipinski definition) is 1. The third-order valence-corrected chi connectivity index (χ3v) is 3.05. The Morgan fingerprint density at radius 2 is 2.20 bits per heavy atom. The second-order valence-electron chi connectivity index (χ2n) is 4.42. The smallest absolute Gasteiger partial charge is 0.203 e. The van der Waals surface area contributed by atoms with Crippen LogP contribution >= 0.6 is 0 Å². The highest BCUT2D eigenvalue weighted by molar-refractivity contribution is 5.55. The molecule has 1 aliphatic heterocycles. The molecule has 0 saturated carbocycles. The van der Waals surface area contributed by atoms with E-state index in [2.05, 4.69) is 10.3 Å². The van der Waals surface area contributed by atoms with Gasteiger partial charge < -0.3 is 19.5 Å². The van der Waals surface area contributed by atoms with Crippen molar-refractivity contribution in [1.82, 2.24) is 4.98 Å². The van der Waals surface area contributed by atoms with E-state index in [1.807, 2.05) is 24.3 Å². The Kier molecular flexibility index (Phi) is 3.58. The lowest BCUT2D eigenvalue weighted by Gasteiger charge is -2.21. The maximum atomic E-state index is 5.61. The standard InChI is InChI=1S/C15H16N2O3/c1-18-13-7-11(8-14-15(13)20-6-5-19-14)9-17-12-3-2-4-16-10-12/h2-4,7-8,10,17H,5-6,9H2,1H3. The molecule has 104 valence electrons. The summed E-state index contributed by atoms with van der Waals surface area (Å²) in [6.45, 7) is 1.78. The summed E-state index contributed by atoms with van der Waals surface area (Å²) in [5.41, 5.74) is 2.04. The van der Waals surface area contributed by atoms with Gasteiger partial charge in [-0.15, -0.1) is 0 Å². The van der Waals surface area contributed by atoms with Crippen LogP contribution in [0.3, 0.4) is 0 Å². The number of pyridine rings is 1. The molecule has 2 heterocycles. The average Bonchev–Trinajstić information content (AvgIpc) is 2.53. The molecule has 1 aromatic carbocycles. The number of ether oxygens (including phenoxy) is 3. The van der Waals surface area contributed by atoms with Gasteiger partial charge in [0, 0.05) is 18.9 Å². The third kappa shape index (κ3) is 2.61. The van der Waals surface area contributed by atoms with Crippen molar-refractivity contribution in [3.8, 4) is 17.2 Å². The van der Waals surface area contributed by atoms with Crippen molar-refractivity contribution in [1.29, 1.82) is 0 Å². The predicted octanol–water partition coefficient (Wildman–Crippen LogP) is 2.47. The summed E-state index contributed by atoms with van der Waals surface area (Å²) in [4.78, 5) is 4.07. The first kappa shape index (κ1) is 12.6. The minimum absolute atomic E-state index is 0.552. The molecule has 0 saturated heterocycles. The molecule has 2 aromatic rings. The largest absolute Gasteiger partial charge is 0.493 e. The molecular weight excluding hydrogens is 256 g/mol. The second-order valence-corrected chi connectivity index (χ2v) is 4.42. The minimum atomic E-state index is 0.552. The van der Waals surface area contributed by atoms with Crippen molar-refractivity contribution < 1.29 is 14.2 Å². The van der Waals surface area contributed by atoms with Crippen LogP contribution in [0.15, 0.2) is 36.7 Å². The Bertz CT molecular complexity index is 570. The number of benzene rings is 1. The number of anilines is 1. The van der Waals surface area contributed by atoms with Crippen LogP contribution in [0.4, 0.5) is 5.69 Å². The summed E-state index contributed by atoms with van der Waals surface area (Å²) in [7, 11) is 1.63. The Labute approximate surface area is 117 Å². The molecule has 0 radical (unpaired) electrons. The van der Waals surface area contributed by atoms with E-state index < -0.39 is 0 Å². The molecule has 5 nitrogen and oxygen atoms in total. The summed E-state index contributed by atoms with van der Waals surface area (Å²) in [5, 5.41) is 3.30. The van der Waals surface area contributed by atoms with Crippen LogP contribution in [0.2, 0.25) is 0 Å². The molecule has 0 aliphatic carbocycles. The third-order valence-electron chi connectivity index (χ3n) is 3.05. The molecule has 0 atom stereocenters. The maximum absolute atomic E-state index is 5.61. The highest BCUT2D eigenvalue weighted by Gasteiger charge is 2.18. The lowest BCUT2D eigenvalue weighted by molar-refractivity contribution is 0.165. The van der Waals surface area contributed by atoms with Crippen LogP contribution in [-0.4, -0.2) is 25.3 Å². The van der Waals surface area contributed by atoms with Gasteiger partial charge in [-0.2, -0.15) is 0 Å². The van der Waals surface area contributed by atoms with Gasteiger partial charge in [-0.3, -0.25) is 4.98 Å². The number of aromatic nitrogens is 1. The molecule has 1 aromatic heterocycles. The summed E-state index contributed by atoms with van der Waals surface area (Å²) >= 11 is 0. The number of hydrogen-bond acceptors (Lipinski definition) is 5. The van der Waals surface area contributed by atoms with E-state index in [0.717, 1.165) is 17.0 Å². The van der Waals surface area contributed by atoms with Crippen LogP contribution in [0.5, 0.6) is 17.2 Å². The summed E-state index contributed by atoms with van der Waals surface area (Å²) in [6, 6.07) is 7.80. The topological polar surface area (TPSA) is 52.6 Å². The molecule has 0 spiro atoms. The Hall–Kier alpha value is -2.43. The normalized spacial score (nSPS) is 12.8. The Morgan fingerprint density at radius 3 is 3.00 bits per heavy atom. The first-order valence-electron chi connectivity index (χ1n) is 6.47. The van der Waals surface area contributed by atoms with Crippen LogP contribution in [0, 0.1) is 0 Å². The van der Waals surface area contributed by atoms with Gasteiger partial charge in [0.25, 0.3) is 0 Å². The Morgan fingerprint density at radius 1 is 1.30 bits per heavy atom. The van der Waals surface area contributed by atoms with Gasteiger partial charge in [-0.25, -0.2) is 0 Å². The van der Waals surface area contributed by atoms with Crippen molar-refractivity contribution >= 4 is 5.69 Å². The maximum Gasteiger partial charge on any atom is 0.203 e. The predicted molar refractivity (Wildman–Crippen MR) is 75.5 cm³/mol. The van der Waals surface area contributed by atoms with Gasteiger partial charge in [0.2, 0.25) is 5.75 Å². The zero-order chi connectivity index (χ0) is 13.8. The number of nitrogens with one attached hydrogen (secondary N) is 1. The van der Waals surface area contributed by atoms with Gasteiger partial charge in [0.1, 0.15) is 13.2 Å². The first-order valence-corrected chi connectivity index (χ1v) is 6.47. The lowest BCUT2D eigenvalue weighted by atomic mass is 10.1. The van der Waals surface area contributed by atoms with Crippen molar-refractivity contribution in [2.45, 2.75) is 6.54 Å². The van der Waals surface area contributed by atoms with Crippen molar-refractivity contribution in [2.75, 3.05) is 25.6 Å². The highest BCUT2D eigenvalue weighted by Crippen LogP contribution is 2.40. The molecule has 1 aliphatic rings. The molecule has 0 unspecified atom stereocenters. The fraction of sp³-hybridized carbons (Fsp3) is 0.267. The molecule has 0 bridgehead atoms. The Balaban J connectivity index is 1.79. The average molecular weight is 272 g/mol. The molecule has 0 amide bonds. The first-order chi connectivity index (χ1) is 9.86. The van der Waals surface area contributed by atoms with E-state index in [0.29, 0.717) is 31.3 Å². The number of rotatable bonds is 4. The molecule has 3 rings (SSSR count). The fourth-order valence-electron chi connectivity index (χ4n) is 2.10. The van der Waals surface area contributed by atoms with Gasteiger partial charge >= 0.3 is 0 Å². The van der Waals surface area contributed by atoms with Crippen LogP contribution in [0.25, 0.3) is 0 Å². The SMILES string of the molecule is COc1cc(CNc2cccnc2)cc2c1OCCO2. The van der Waals surface area contributed by atoms with E-state index in [1.54, 1.807) is 19.5 Å². The van der Waals surface area contributed by atoms with Gasteiger partial charge in [-0.05, 0) is 29.8 Å². The van der Waals surface area contributed by atoms with E-state index in [1.165, 1.54) is 0 Å². The van der Waals surface area contributed by atoms with Crippen LogP contribution in [-0.2, 0) is 6.54 Å². The highest BCUT2D eigenvalue weighted by atomic mass is 16.6. The molecule has 5 heteroatoms. The van der Waals surface area contributed by atoms with Gasteiger partial charge in [0.15, 0.2) is 11.5 Å². The van der Waals surface area contributed by atoms with Gasteiger partial charge in [0.05, 0.1) is 12.8 Å². The number of nitrogens with zero attached hydrogens (tertiary/aromatic N) is 1. The van der Waals surface area contributed by atoms with E-state index >= 15 is 0 Å². The molecule has 20 heavy (non-hydrogen) atoms. The monoisotopic (exact) mass is 272 g/mol. The second kappa shape index (κ2) is 5.69. The molecule has 0 fully saturated rings. The summed E-state index contributed by atoms with van der Waals surface area (Å²) < 4.78 is 16.6. The number of methoxy groups -OCH3 is 1. The quantitative estimate of drug-likeness (QED) is 0.926. The van der Waals surface area contributed by atoms with E-state index in [4.69, 9.17) is 14.2 Å². The van der Waals surface area contributed by atoms with Crippen LogP contribution in [0.1, 0.15) is 5.56 Å². The van der Waals surface area contributed by atoms with E-state index in [-0.39, 0.29) is 0 Å². The van der Waals surface area contributed by atoms with E-state index in [9.17, 15) is 0 Å².